The van der Waals surface area contributed by atoms with Crippen molar-refractivity contribution >= 4 is 33.3 Å². The van der Waals surface area contributed by atoms with E-state index >= 15 is 0 Å². The van der Waals surface area contributed by atoms with Crippen LogP contribution in [0.4, 0.5) is 5.82 Å². The summed E-state index contributed by atoms with van der Waals surface area (Å²) in [5.41, 5.74) is 1.16. The third-order valence-corrected chi connectivity index (χ3v) is 7.02. The number of rotatable bonds is 2. The van der Waals surface area contributed by atoms with Crippen LogP contribution in [-0.4, -0.2) is 15.5 Å². The predicted molar refractivity (Wildman–Crippen MR) is 88.5 cm³/mol. The molecule has 1 heterocycles. The quantitative estimate of drug-likeness (QED) is 0.740. The summed E-state index contributed by atoms with van der Waals surface area (Å²) in [7, 11) is 0. The highest BCUT2D eigenvalue weighted by atomic mass is 79.9. The van der Waals surface area contributed by atoms with Gasteiger partial charge in [0.2, 0.25) is 0 Å². The Labute approximate surface area is 139 Å². The van der Waals surface area contributed by atoms with Crippen molar-refractivity contribution in [3.05, 3.63) is 16.0 Å². The van der Waals surface area contributed by atoms with Crippen molar-refractivity contribution < 1.29 is 0 Å². The summed E-state index contributed by atoms with van der Waals surface area (Å²) < 4.78 is 0.790. The molecule has 114 valence electrons. The minimum atomic E-state index is 0.184. The summed E-state index contributed by atoms with van der Waals surface area (Å²) in [6, 6.07) is 0. The van der Waals surface area contributed by atoms with E-state index in [9.17, 15) is 0 Å². The highest BCUT2D eigenvalue weighted by molar-refractivity contribution is 9.10. The fourth-order valence-corrected chi connectivity index (χ4v) is 6.71. The zero-order valence-corrected chi connectivity index (χ0v) is 14.9. The molecule has 3 nitrogen and oxygen atoms in total. The van der Waals surface area contributed by atoms with Gasteiger partial charge in [-0.1, -0.05) is 25.4 Å². The van der Waals surface area contributed by atoms with Gasteiger partial charge in [-0.2, -0.15) is 0 Å². The third kappa shape index (κ3) is 2.29. The Balaban J connectivity index is 1.70. The van der Waals surface area contributed by atoms with Gasteiger partial charge in [-0.3, -0.25) is 0 Å². The van der Waals surface area contributed by atoms with E-state index in [1.54, 1.807) is 6.33 Å². The van der Waals surface area contributed by atoms with E-state index in [0.29, 0.717) is 16.0 Å². The van der Waals surface area contributed by atoms with E-state index < -0.39 is 0 Å². The highest BCUT2D eigenvalue weighted by Gasteiger charge is 2.60. The molecule has 4 fully saturated rings. The van der Waals surface area contributed by atoms with Crippen molar-refractivity contribution in [2.45, 2.75) is 57.9 Å². The van der Waals surface area contributed by atoms with Crippen LogP contribution in [0.2, 0.25) is 5.15 Å². The second kappa shape index (κ2) is 4.35. The van der Waals surface area contributed by atoms with Gasteiger partial charge in [0.15, 0.2) is 0 Å². The largest absolute Gasteiger partial charge is 0.364 e. The SMILES string of the molecule is CC12CC3CC(C)(C1)CC(Nc1ncnc(Cl)c1Br)(C3)C2. The summed E-state index contributed by atoms with van der Waals surface area (Å²) in [6.07, 6.45) is 9.49. The minimum absolute atomic E-state index is 0.184. The van der Waals surface area contributed by atoms with Crippen molar-refractivity contribution in [3.63, 3.8) is 0 Å². The molecular formula is C16H21BrClN3. The third-order valence-electron chi connectivity index (χ3n) is 5.76. The number of hydrogen-bond donors (Lipinski definition) is 1. The zero-order valence-electron chi connectivity index (χ0n) is 12.5. The molecule has 5 heteroatoms. The van der Waals surface area contributed by atoms with Crippen molar-refractivity contribution in [2.24, 2.45) is 16.7 Å². The monoisotopic (exact) mass is 369 g/mol. The molecule has 21 heavy (non-hydrogen) atoms. The minimum Gasteiger partial charge on any atom is -0.364 e. The van der Waals surface area contributed by atoms with Crippen LogP contribution >= 0.6 is 27.5 Å². The maximum absolute atomic E-state index is 6.12. The summed E-state index contributed by atoms with van der Waals surface area (Å²) in [5, 5.41) is 4.24. The molecule has 0 radical (unpaired) electrons. The lowest BCUT2D eigenvalue weighted by atomic mass is 9.43. The first-order chi connectivity index (χ1) is 9.81. The molecule has 1 aromatic rings. The van der Waals surface area contributed by atoms with Crippen LogP contribution in [0.15, 0.2) is 10.8 Å². The first-order valence-electron chi connectivity index (χ1n) is 7.75. The molecule has 0 amide bonds. The van der Waals surface area contributed by atoms with E-state index in [1.165, 1.54) is 38.5 Å². The van der Waals surface area contributed by atoms with Crippen LogP contribution in [0.3, 0.4) is 0 Å². The van der Waals surface area contributed by atoms with Crippen molar-refractivity contribution in [3.8, 4) is 0 Å². The van der Waals surface area contributed by atoms with Crippen molar-refractivity contribution in [2.75, 3.05) is 5.32 Å². The lowest BCUT2D eigenvalue weighted by molar-refractivity contribution is -0.0974. The number of nitrogens with one attached hydrogen (secondary N) is 1. The number of hydrogen-bond acceptors (Lipinski definition) is 3. The smallest absolute Gasteiger partial charge is 0.148 e. The van der Waals surface area contributed by atoms with E-state index in [0.717, 1.165) is 16.2 Å². The maximum atomic E-state index is 6.12. The van der Waals surface area contributed by atoms with E-state index in [2.05, 4.69) is 45.1 Å². The molecule has 1 aromatic heterocycles. The predicted octanol–water partition coefficient (Wildman–Crippen LogP) is 5.05. The second-order valence-electron chi connectivity index (χ2n) is 8.36. The average molecular weight is 371 g/mol. The molecule has 4 bridgehead atoms. The lowest BCUT2D eigenvalue weighted by Gasteiger charge is -2.65. The van der Waals surface area contributed by atoms with Crippen LogP contribution in [0, 0.1) is 16.7 Å². The topological polar surface area (TPSA) is 37.8 Å². The number of nitrogens with zero attached hydrogens (tertiary/aromatic N) is 2. The Morgan fingerprint density at radius 2 is 1.81 bits per heavy atom. The van der Waals surface area contributed by atoms with Gasteiger partial charge in [-0.15, -0.1) is 0 Å². The Morgan fingerprint density at radius 3 is 2.43 bits per heavy atom. The van der Waals surface area contributed by atoms with Gasteiger partial charge in [-0.05, 0) is 71.2 Å². The first kappa shape index (κ1) is 14.3. The number of aromatic nitrogens is 2. The van der Waals surface area contributed by atoms with Gasteiger partial charge in [0, 0.05) is 5.54 Å². The Bertz CT molecular complexity index is 587. The molecule has 4 aliphatic carbocycles. The molecular weight excluding hydrogens is 350 g/mol. The standard InChI is InChI=1S/C16H21BrClN3/c1-14-3-10-4-15(2,6-14)8-16(5-10,7-14)21-13-11(17)12(18)19-9-20-13/h9-10H,3-8H2,1-2H3,(H,19,20,21). The van der Waals surface area contributed by atoms with Crippen LogP contribution in [0.25, 0.3) is 0 Å². The molecule has 0 aromatic carbocycles. The van der Waals surface area contributed by atoms with Crippen molar-refractivity contribution in [1.29, 1.82) is 0 Å². The van der Waals surface area contributed by atoms with E-state index in [-0.39, 0.29) is 5.54 Å². The Hall–Kier alpha value is -0.350. The van der Waals surface area contributed by atoms with Crippen LogP contribution in [0.5, 0.6) is 0 Å². The molecule has 0 spiro atoms. The lowest BCUT2D eigenvalue weighted by Crippen LogP contribution is -2.61. The van der Waals surface area contributed by atoms with Gasteiger partial charge < -0.3 is 5.32 Å². The first-order valence-corrected chi connectivity index (χ1v) is 8.92. The van der Waals surface area contributed by atoms with Gasteiger partial charge in [0.1, 0.15) is 17.3 Å². The van der Waals surface area contributed by atoms with Crippen LogP contribution in [-0.2, 0) is 0 Å². The second-order valence-corrected chi connectivity index (χ2v) is 9.51. The Kier molecular flexibility index (Phi) is 2.95. The molecule has 0 aliphatic heterocycles. The van der Waals surface area contributed by atoms with Gasteiger partial charge in [-0.25, -0.2) is 9.97 Å². The Morgan fingerprint density at radius 1 is 1.14 bits per heavy atom. The molecule has 2 unspecified atom stereocenters. The van der Waals surface area contributed by atoms with Gasteiger partial charge in [0.25, 0.3) is 0 Å². The van der Waals surface area contributed by atoms with Crippen molar-refractivity contribution in [1.82, 2.24) is 9.97 Å². The fourth-order valence-electron chi connectivity index (χ4n) is 6.27. The van der Waals surface area contributed by atoms with Crippen LogP contribution in [0.1, 0.15) is 52.4 Å². The molecule has 4 saturated carbocycles. The molecule has 0 saturated heterocycles. The fraction of sp³-hybridized carbons (Fsp3) is 0.750. The zero-order chi connectivity index (χ0) is 14.9. The molecule has 1 N–H and O–H groups in total. The summed E-state index contributed by atoms with van der Waals surface area (Å²) >= 11 is 9.64. The number of anilines is 1. The molecule has 5 rings (SSSR count). The maximum Gasteiger partial charge on any atom is 0.148 e. The average Bonchev–Trinajstić information content (AvgIpc) is 2.30. The highest BCUT2D eigenvalue weighted by Crippen LogP contribution is 2.66. The summed E-state index contributed by atoms with van der Waals surface area (Å²) in [6.45, 7) is 4.96. The summed E-state index contributed by atoms with van der Waals surface area (Å²) in [5.74, 6) is 1.71. The molecule has 4 aliphatic rings. The van der Waals surface area contributed by atoms with Gasteiger partial charge in [0.05, 0.1) is 4.47 Å². The van der Waals surface area contributed by atoms with Crippen LogP contribution < -0.4 is 5.32 Å². The summed E-state index contributed by atoms with van der Waals surface area (Å²) in [4.78, 5) is 8.44. The molecule has 2 atom stereocenters. The van der Waals surface area contributed by atoms with E-state index in [1.807, 2.05) is 0 Å². The van der Waals surface area contributed by atoms with Gasteiger partial charge >= 0.3 is 0 Å². The van der Waals surface area contributed by atoms with E-state index in [4.69, 9.17) is 11.6 Å². The number of halogens is 2. The normalized spacial score (nSPS) is 44.1.